The molecule has 1 aliphatic heterocycles. The molecule has 10 heteroatoms. The number of aromatic nitrogens is 1. The highest BCUT2D eigenvalue weighted by Crippen LogP contribution is 2.31. The fraction of sp³-hybridized carbons (Fsp3) is 0.548. The van der Waals surface area contributed by atoms with E-state index in [0.29, 0.717) is 56.3 Å². The minimum atomic E-state index is -1.07. The highest BCUT2D eigenvalue weighted by molar-refractivity contribution is 6.30. The van der Waals surface area contributed by atoms with E-state index < -0.39 is 17.6 Å². The summed E-state index contributed by atoms with van der Waals surface area (Å²) in [5.41, 5.74) is 0.719. The molecule has 0 radical (unpaired) electrons. The molecule has 2 heterocycles. The molecule has 1 fully saturated rings. The quantitative estimate of drug-likeness (QED) is 0.438. The number of nitrogens with zero attached hydrogens (tertiary/aromatic N) is 1. The maximum atomic E-state index is 13.9. The predicted molar refractivity (Wildman–Crippen MR) is 159 cm³/mol. The van der Waals surface area contributed by atoms with Crippen molar-refractivity contribution in [2.75, 3.05) is 19.7 Å². The van der Waals surface area contributed by atoms with Gasteiger partial charge in [0.2, 0.25) is 23.6 Å². The zero-order valence-electron chi connectivity index (χ0n) is 24.0. The van der Waals surface area contributed by atoms with Crippen molar-refractivity contribution in [2.24, 2.45) is 5.92 Å². The molecule has 3 atom stereocenters. The van der Waals surface area contributed by atoms with E-state index in [-0.39, 0.29) is 30.1 Å². The van der Waals surface area contributed by atoms with Crippen LogP contribution >= 0.6 is 11.6 Å². The van der Waals surface area contributed by atoms with E-state index in [9.17, 15) is 14.4 Å². The molecule has 1 aromatic carbocycles. The molecular weight excluding hydrogens is 542 g/mol. The van der Waals surface area contributed by atoms with Crippen LogP contribution in [0.25, 0.3) is 0 Å². The summed E-state index contributed by atoms with van der Waals surface area (Å²) >= 11 is 6.21. The van der Waals surface area contributed by atoms with Gasteiger partial charge in [-0.3, -0.25) is 14.4 Å². The minimum Gasteiger partial charge on any atom is -0.476 e. The van der Waals surface area contributed by atoms with Crippen LogP contribution in [0.15, 0.2) is 42.6 Å². The summed E-state index contributed by atoms with van der Waals surface area (Å²) in [6.07, 6.45) is 6.80. The molecule has 2 aliphatic rings. The number of amides is 3. The number of carbonyl (C=O) groups is 3. The number of pyridine rings is 1. The second kappa shape index (κ2) is 14.6. The maximum absolute atomic E-state index is 13.9. The number of carbonyl (C=O) groups excluding carboxylic acids is 3. The van der Waals surface area contributed by atoms with Crippen LogP contribution in [0.5, 0.6) is 5.88 Å². The first-order valence-electron chi connectivity index (χ1n) is 14.8. The third-order valence-electron chi connectivity index (χ3n) is 8.18. The van der Waals surface area contributed by atoms with Crippen LogP contribution in [0.2, 0.25) is 5.02 Å². The number of benzene rings is 1. The van der Waals surface area contributed by atoms with Gasteiger partial charge in [-0.2, -0.15) is 0 Å². The maximum Gasteiger partial charge on any atom is 0.246 e. The molecule has 4 rings (SSSR count). The summed E-state index contributed by atoms with van der Waals surface area (Å²) in [6, 6.07) is 9.79. The molecule has 1 unspecified atom stereocenters. The lowest BCUT2D eigenvalue weighted by atomic mass is 9.92. The van der Waals surface area contributed by atoms with E-state index in [1.807, 2.05) is 38.1 Å². The van der Waals surface area contributed by atoms with Gasteiger partial charge >= 0.3 is 0 Å². The number of halogens is 1. The Labute approximate surface area is 247 Å². The Morgan fingerprint density at radius 1 is 1.07 bits per heavy atom. The van der Waals surface area contributed by atoms with Gasteiger partial charge in [0, 0.05) is 36.3 Å². The molecule has 222 valence electrons. The van der Waals surface area contributed by atoms with Crippen molar-refractivity contribution < 1.29 is 19.1 Å². The Morgan fingerprint density at radius 3 is 2.63 bits per heavy atom. The molecule has 3 amide bonds. The summed E-state index contributed by atoms with van der Waals surface area (Å²) in [6.45, 7) is 5.29. The number of fused-ring (bicyclic) bond motifs is 1. The fourth-order valence-electron chi connectivity index (χ4n) is 5.61. The first-order chi connectivity index (χ1) is 19.8. The van der Waals surface area contributed by atoms with Gasteiger partial charge in [-0.05, 0) is 55.4 Å². The standard InChI is InChI=1S/C31H42ClN5O4/c1-3-21(2)26-28(39)37-31(13-4-5-14-31)30(40)36-25(20-22-9-6-12-24(32)19-22)27(38)34-15-7-10-23-11-8-16-35-29(23)41-18-17-33-26/h6,8-9,11-12,16,19,21,25-26,33H,3-5,7,10,13-15,17-18,20H2,1-2H3,(H,34,38)(H,36,40)(H,37,39)/t21?,25-,26-/m0/s1. The smallest absolute Gasteiger partial charge is 0.246 e. The van der Waals surface area contributed by atoms with E-state index >= 15 is 0 Å². The van der Waals surface area contributed by atoms with Gasteiger partial charge in [0.05, 0.1) is 6.04 Å². The summed E-state index contributed by atoms with van der Waals surface area (Å²) in [7, 11) is 0. The molecule has 4 N–H and O–H groups in total. The molecule has 1 aliphatic carbocycles. The fourth-order valence-corrected chi connectivity index (χ4v) is 5.83. The van der Waals surface area contributed by atoms with Crippen LogP contribution in [0, 0.1) is 5.92 Å². The SMILES string of the molecule is CCC(C)[C@@H]1NCCOc2ncccc2CCCNC(=O)[C@H](Cc2cccc(Cl)c2)NC(=O)C2(CCCC2)NC1=O. The minimum absolute atomic E-state index is 0.0360. The first kappa shape index (κ1) is 30.8. The molecular formula is C31H42ClN5O4. The van der Waals surface area contributed by atoms with E-state index in [2.05, 4.69) is 26.3 Å². The zero-order valence-corrected chi connectivity index (χ0v) is 24.8. The monoisotopic (exact) mass is 583 g/mol. The topological polar surface area (TPSA) is 121 Å². The number of nitrogens with one attached hydrogen (secondary N) is 4. The third-order valence-corrected chi connectivity index (χ3v) is 8.41. The molecule has 0 bridgehead atoms. The number of ether oxygens (including phenoxy) is 1. The van der Waals surface area contributed by atoms with Gasteiger partial charge in [-0.25, -0.2) is 4.98 Å². The Balaban J connectivity index is 1.61. The van der Waals surface area contributed by atoms with Crippen LogP contribution in [-0.2, 0) is 27.2 Å². The Morgan fingerprint density at radius 2 is 1.88 bits per heavy atom. The molecule has 1 aromatic heterocycles. The van der Waals surface area contributed by atoms with Crippen molar-refractivity contribution in [1.29, 1.82) is 0 Å². The molecule has 1 spiro atoms. The average molecular weight is 584 g/mol. The Kier molecular flexibility index (Phi) is 11.0. The van der Waals surface area contributed by atoms with E-state index in [4.69, 9.17) is 16.3 Å². The second-order valence-electron chi connectivity index (χ2n) is 11.2. The summed E-state index contributed by atoms with van der Waals surface area (Å²) < 4.78 is 5.99. The highest BCUT2D eigenvalue weighted by atomic mass is 35.5. The van der Waals surface area contributed by atoms with Crippen molar-refractivity contribution in [2.45, 2.75) is 82.8 Å². The number of hydrogen-bond acceptors (Lipinski definition) is 6. The lowest BCUT2D eigenvalue weighted by molar-refractivity contribution is -0.137. The van der Waals surface area contributed by atoms with Gasteiger partial charge in [0.25, 0.3) is 0 Å². The number of hydrogen-bond donors (Lipinski definition) is 4. The predicted octanol–water partition coefficient (Wildman–Crippen LogP) is 3.34. The average Bonchev–Trinajstić information content (AvgIpc) is 3.44. The van der Waals surface area contributed by atoms with E-state index in [1.165, 1.54) is 0 Å². The van der Waals surface area contributed by atoms with Crippen LogP contribution in [0.4, 0.5) is 0 Å². The van der Waals surface area contributed by atoms with Crippen molar-refractivity contribution in [1.82, 2.24) is 26.3 Å². The van der Waals surface area contributed by atoms with Crippen molar-refractivity contribution in [3.05, 3.63) is 58.7 Å². The number of rotatable bonds is 4. The largest absolute Gasteiger partial charge is 0.476 e. The summed E-state index contributed by atoms with van der Waals surface area (Å²) in [5.74, 6) is -0.221. The summed E-state index contributed by atoms with van der Waals surface area (Å²) in [5, 5.41) is 13.0. The van der Waals surface area contributed by atoms with Gasteiger partial charge in [0.15, 0.2) is 0 Å². The van der Waals surface area contributed by atoms with Gasteiger partial charge < -0.3 is 26.0 Å². The molecule has 41 heavy (non-hydrogen) atoms. The highest BCUT2D eigenvalue weighted by Gasteiger charge is 2.45. The molecule has 1 saturated carbocycles. The van der Waals surface area contributed by atoms with Gasteiger partial charge in [-0.1, -0.05) is 62.9 Å². The zero-order chi connectivity index (χ0) is 29.2. The molecule has 9 nitrogen and oxygen atoms in total. The van der Waals surface area contributed by atoms with Crippen LogP contribution in [-0.4, -0.2) is 60.0 Å². The van der Waals surface area contributed by atoms with E-state index in [0.717, 1.165) is 30.4 Å². The Bertz CT molecular complexity index is 1200. The van der Waals surface area contributed by atoms with Gasteiger partial charge in [0.1, 0.15) is 18.2 Å². The van der Waals surface area contributed by atoms with Crippen molar-refractivity contribution in [3.8, 4) is 5.88 Å². The normalized spacial score (nSPS) is 23.2. The molecule has 0 saturated heterocycles. The van der Waals surface area contributed by atoms with Crippen molar-refractivity contribution >= 4 is 29.3 Å². The lowest BCUT2D eigenvalue weighted by Gasteiger charge is -2.34. The lowest BCUT2D eigenvalue weighted by Crippen LogP contribution is -2.64. The van der Waals surface area contributed by atoms with Crippen LogP contribution in [0.3, 0.4) is 0 Å². The van der Waals surface area contributed by atoms with Crippen LogP contribution in [0.1, 0.15) is 63.5 Å². The summed E-state index contributed by atoms with van der Waals surface area (Å²) in [4.78, 5) is 45.4. The first-order valence-corrected chi connectivity index (χ1v) is 15.1. The van der Waals surface area contributed by atoms with Gasteiger partial charge in [-0.15, -0.1) is 0 Å². The van der Waals surface area contributed by atoms with Crippen molar-refractivity contribution in [3.63, 3.8) is 0 Å². The molecule has 2 aromatic rings. The van der Waals surface area contributed by atoms with Crippen LogP contribution < -0.4 is 26.0 Å². The van der Waals surface area contributed by atoms with E-state index in [1.54, 1.807) is 18.3 Å². The third kappa shape index (κ3) is 8.20. The number of aryl methyl sites for hydroxylation is 1. The Hall–Kier alpha value is -3.17. The second-order valence-corrected chi connectivity index (χ2v) is 11.6.